The number of methoxy groups -OCH3 is 2. The Morgan fingerprint density at radius 3 is 1.21 bits per heavy atom. The number of ether oxygens (including phenoxy) is 2. The van der Waals surface area contributed by atoms with Gasteiger partial charge in [0.15, 0.2) is 0 Å². The molecule has 0 saturated carbocycles. The van der Waals surface area contributed by atoms with Crippen LogP contribution in [0.2, 0.25) is 0 Å². The molecule has 0 aromatic carbocycles. The summed E-state index contributed by atoms with van der Waals surface area (Å²) in [5.41, 5.74) is 1.44. The van der Waals surface area contributed by atoms with Crippen molar-refractivity contribution in [3.63, 3.8) is 0 Å². The van der Waals surface area contributed by atoms with E-state index < -0.39 is 0 Å². The molecule has 0 atom stereocenters. The third-order valence-electron chi connectivity index (χ3n) is 2.21. The number of hydrogen-bond donors (Lipinski definition) is 2. The summed E-state index contributed by atoms with van der Waals surface area (Å²) in [6.07, 6.45) is 14.5. The van der Waals surface area contributed by atoms with E-state index in [0.29, 0.717) is 0 Å². The number of allylic oxidation sites excluding steroid dienone is 10. The molecule has 0 aromatic rings. The van der Waals surface area contributed by atoms with E-state index in [4.69, 9.17) is 10.2 Å². The second-order valence-corrected chi connectivity index (χ2v) is 3.37. The molecule has 0 saturated heterocycles. The molecule has 0 fully saturated rings. The van der Waals surface area contributed by atoms with Crippen LogP contribution in [0.4, 0.5) is 0 Å². The normalized spacial score (nSPS) is 13.8. The van der Waals surface area contributed by atoms with Crippen molar-refractivity contribution in [2.45, 2.75) is 0 Å². The zero-order valence-electron chi connectivity index (χ0n) is 10.7. The van der Waals surface area contributed by atoms with Crippen molar-refractivity contribution in [3.05, 3.63) is 71.6 Å². The summed E-state index contributed by atoms with van der Waals surface area (Å²) in [5.74, 6) is -0.0556. The Morgan fingerprint density at radius 2 is 1.00 bits per heavy atom. The maximum atomic E-state index is 8.91. The first-order valence-electron chi connectivity index (χ1n) is 5.33. The summed E-state index contributed by atoms with van der Waals surface area (Å²) < 4.78 is 9.13. The Kier molecular flexibility index (Phi) is 8.25. The van der Waals surface area contributed by atoms with Gasteiger partial charge in [0.2, 0.25) is 0 Å². The van der Waals surface area contributed by atoms with E-state index in [1.165, 1.54) is 14.2 Å². The van der Waals surface area contributed by atoms with Crippen molar-refractivity contribution < 1.29 is 36.8 Å². The predicted molar refractivity (Wildman–Crippen MR) is 69.9 cm³/mol. The predicted octanol–water partition coefficient (Wildman–Crippen LogP) is 3.05. The average Bonchev–Trinajstić information content (AvgIpc) is 3.09. The molecule has 2 aliphatic carbocycles. The third-order valence-corrected chi connectivity index (χ3v) is 2.21. The molecular formula is C14H16FeO4. The number of hydrogen-bond acceptors (Lipinski definition) is 4. The standard InChI is InChI=1S/2C7H8O2.Fe/c2*1-9-7(8)6-4-2-3-5-6;/h2*2-5,8H,1H3;. The summed E-state index contributed by atoms with van der Waals surface area (Å²) in [6.45, 7) is 0. The molecule has 0 radical (unpaired) electrons. The Labute approximate surface area is 123 Å². The van der Waals surface area contributed by atoms with Gasteiger partial charge in [-0.3, -0.25) is 0 Å². The fourth-order valence-corrected chi connectivity index (χ4v) is 1.27. The van der Waals surface area contributed by atoms with E-state index in [9.17, 15) is 0 Å². The molecule has 0 aromatic heterocycles. The van der Waals surface area contributed by atoms with Crippen LogP contribution in [-0.2, 0) is 26.5 Å². The maximum Gasteiger partial charge on any atom is 0.283 e. The number of rotatable bonds is 2. The van der Waals surface area contributed by atoms with E-state index in [2.05, 4.69) is 9.47 Å². The van der Waals surface area contributed by atoms with Gasteiger partial charge in [-0.15, -0.1) is 0 Å². The third kappa shape index (κ3) is 5.55. The van der Waals surface area contributed by atoms with Crippen LogP contribution >= 0.6 is 0 Å². The van der Waals surface area contributed by atoms with Crippen LogP contribution in [0.5, 0.6) is 0 Å². The van der Waals surface area contributed by atoms with Crippen molar-refractivity contribution in [3.8, 4) is 0 Å². The van der Waals surface area contributed by atoms with E-state index in [1.54, 1.807) is 24.3 Å². The maximum absolute atomic E-state index is 8.91. The molecule has 104 valence electrons. The summed E-state index contributed by atoms with van der Waals surface area (Å²) in [5, 5.41) is 17.8. The molecule has 0 amide bonds. The summed E-state index contributed by atoms with van der Waals surface area (Å²) >= 11 is 0. The van der Waals surface area contributed by atoms with Crippen molar-refractivity contribution >= 4 is 0 Å². The first kappa shape index (κ1) is 17.2. The van der Waals surface area contributed by atoms with Crippen LogP contribution in [0.1, 0.15) is 0 Å². The number of aliphatic hydroxyl groups excluding tert-OH is 2. The minimum atomic E-state index is -0.0278. The summed E-state index contributed by atoms with van der Waals surface area (Å²) in [4.78, 5) is 0. The first-order chi connectivity index (χ1) is 8.69. The van der Waals surface area contributed by atoms with Crippen molar-refractivity contribution in [2.75, 3.05) is 14.2 Å². The fourth-order valence-electron chi connectivity index (χ4n) is 1.27. The number of aliphatic hydroxyl groups is 2. The topological polar surface area (TPSA) is 58.9 Å². The Hall–Kier alpha value is -1.84. The van der Waals surface area contributed by atoms with Gasteiger partial charge in [-0.1, -0.05) is 24.3 Å². The quantitative estimate of drug-likeness (QED) is 0.608. The Morgan fingerprint density at radius 1 is 0.737 bits per heavy atom. The molecule has 5 heteroatoms. The molecule has 0 spiro atoms. The molecule has 0 unspecified atom stereocenters. The average molecular weight is 304 g/mol. The van der Waals surface area contributed by atoms with Crippen LogP contribution in [0, 0.1) is 0 Å². The summed E-state index contributed by atoms with van der Waals surface area (Å²) in [7, 11) is 2.87. The van der Waals surface area contributed by atoms with Crippen molar-refractivity contribution in [2.24, 2.45) is 0 Å². The molecule has 2 aliphatic rings. The van der Waals surface area contributed by atoms with Gasteiger partial charge in [0, 0.05) is 17.1 Å². The molecule has 4 nitrogen and oxygen atoms in total. The van der Waals surface area contributed by atoms with Gasteiger partial charge in [0.1, 0.15) is 0 Å². The zero-order chi connectivity index (χ0) is 13.4. The van der Waals surface area contributed by atoms with Gasteiger partial charge in [0.25, 0.3) is 11.9 Å². The van der Waals surface area contributed by atoms with E-state index >= 15 is 0 Å². The van der Waals surface area contributed by atoms with Crippen molar-refractivity contribution in [1.82, 2.24) is 0 Å². The van der Waals surface area contributed by atoms with Gasteiger partial charge in [-0.25, -0.2) is 0 Å². The van der Waals surface area contributed by atoms with Gasteiger partial charge >= 0.3 is 0 Å². The molecule has 19 heavy (non-hydrogen) atoms. The van der Waals surface area contributed by atoms with Crippen LogP contribution in [0.15, 0.2) is 71.6 Å². The van der Waals surface area contributed by atoms with E-state index in [1.807, 2.05) is 24.3 Å². The molecule has 0 aliphatic heterocycles. The minimum Gasteiger partial charge on any atom is -0.481 e. The van der Waals surface area contributed by atoms with Crippen LogP contribution in [0.25, 0.3) is 0 Å². The van der Waals surface area contributed by atoms with E-state index in [-0.39, 0.29) is 29.0 Å². The fraction of sp³-hybridized carbons (Fsp3) is 0.143. The Balaban J connectivity index is 0.000000324. The molecule has 2 rings (SSSR count). The second-order valence-electron chi connectivity index (χ2n) is 3.37. The SMILES string of the molecule is COC(O)=C1C=CC=C1.COC(O)=C1C=CC=C1.[Fe]. The zero-order valence-corrected chi connectivity index (χ0v) is 11.8. The molecule has 0 bridgehead atoms. The monoisotopic (exact) mass is 304 g/mol. The van der Waals surface area contributed by atoms with E-state index in [0.717, 1.165) is 11.1 Å². The Bertz CT molecular complexity index is 396. The van der Waals surface area contributed by atoms with Gasteiger partial charge < -0.3 is 19.7 Å². The summed E-state index contributed by atoms with van der Waals surface area (Å²) in [6, 6.07) is 0. The van der Waals surface area contributed by atoms with Crippen LogP contribution < -0.4 is 0 Å². The van der Waals surface area contributed by atoms with Crippen molar-refractivity contribution in [1.29, 1.82) is 0 Å². The molecular weight excluding hydrogens is 288 g/mol. The molecule has 0 heterocycles. The first-order valence-corrected chi connectivity index (χ1v) is 5.33. The van der Waals surface area contributed by atoms with Crippen LogP contribution in [0.3, 0.4) is 0 Å². The smallest absolute Gasteiger partial charge is 0.283 e. The minimum absolute atomic E-state index is 0. The second kappa shape index (κ2) is 9.14. The van der Waals surface area contributed by atoms with Gasteiger partial charge in [-0.2, -0.15) is 0 Å². The largest absolute Gasteiger partial charge is 0.481 e. The van der Waals surface area contributed by atoms with Gasteiger partial charge in [0.05, 0.1) is 25.4 Å². The van der Waals surface area contributed by atoms with Crippen LogP contribution in [-0.4, -0.2) is 24.4 Å². The molecule has 2 N–H and O–H groups in total. The van der Waals surface area contributed by atoms with Gasteiger partial charge in [-0.05, 0) is 24.3 Å².